The third kappa shape index (κ3) is 3.97. The number of amides is 1. The van der Waals surface area contributed by atoms with Crippen molar-refractivity contribution in [1.82, 2.24) is 9.88 Å². The van der Waals surface area contributed by atoms with Crippen LogP contribution in [0, 0.1) is 17.2 Å². The monoisotopic (exact) mass is 506 g/mol. The van der Waals surface area contributed by atoms with Gasteiger partial charge in [0.25, 0.3) is 5.92 Å². The maximum atomic E-state index is 13.5. The first-order valence-electron chi connectivity index (χ1n) is 11.0. The maximum absolute atomic E-state index is 13.5. The predicted octanol–water partition coefficient (Wildman–Crippen LogP) is 3.91. The molecule has 0 bridgehead atoms. The van der Waals surface area contributed by atoms with Gasteiger partial charge in [-0.3, -0.25) is 17.7 Å². The third-order valence-corrected chi connectivity index (χ3v) is 8.60. The second-order valence-corrected chi connectivity index (χ2v) is 10.8. The van der Waals surface area contributed by atoms with Gasteiger partial charge in [0, 0.05) is 57.7 Å². The number of rotatable bonds is 4. The number of halogens is 2. The summed E-state index contributed by atoms with van der Waals surface area (Å²) in [5.74, 6) is -3.25. The second-order valence-electron chi connectivity index (χ2n) is 8.85. The van der Waals surface area contributed by atoms with E-state index in [0.717, 1.165) is 0 Å². The van der Waals surface area contributed by atoms with Gasteiger partial charge in [0.2, 0.25) is 0 Å². The molecule has 35 heavy (non-hydrogen) atoms. The molecule has 3 aliphatic rings. The number of hydrogen-bond donors (Lipinski definition) is 3. The summed E-state index contributed by atoms with van der Waals surface area (Å²) in [5.41, 5.74) is 2.49. The first kappa shape index (κ1) is 23.4. The van der Waals surface area contributed by atoms with Crippen LogP contribution in [0.15, 0.2) is 30.3 Å². The van der Waals surface area contributed by atoms with Gasteiger partial charge in [-0.25, -0.2) is 18.6 Å². The maximum Gasteiger partial charge on any atom is 0.407 e. The van der Waals surface area contributed by atoms with Crippen molar-refractivity contribution in [1.29, 1.82) is 5.26 Å². The van der Waals surface area contributed by atoms with Crippen molar-refractivity contribution < 1.29 is 27.8 Å². The molecule has 2 aromatic rings. The van der Waals surface area contributed by atoms with Gasteiger partial charge in [-0.1, -0.05) is 6.07 Å². The van der Waals surface area contributed by atoms with E-state index in [9.17, 15) is 33.0 Å². The molecule has 10 nitrogen and oxygen atoms in total. The molecule has 0 radical (unpaired) electrons. The zero-order valence-electron chi connectivity index (χ0n) is 18.8. The molecule has 1 aromatic heterocycles. The molecule has 1 aromatic carbocycles. The van der Waals surface area contributed by atoms with Crippen LogP contribution in [-0.4, -0.2) is 75.9 Å². The van der Waals surface area contributed by atoms with Gasteiger partial charge >= 0.3 is 6.09 Å². The Labute approximate surface area is 202 Å². The minimum atomic E-state index is -3.47. The van der Waals surface area contributed by atoms with Gasteiger partial charge in [-0.2, -0.15) is 5.26 Å². The van der Waals surface area contributed by atoms with Crippen LogP contribution in [0.2, 0.25) is 0 Å². The Morgan fingerprint density at radius 2 is 1.89 bits per heavy atom. The normalized spacial score (nSPS) is 23.0. The lowest BCUT2D eigenvalue weighted by Crippen LogP contribution is -2.48. The number of carbonyl (C=O) groups is 1. The fourth-order valence-corrected chi connectivity index (χ4v) is 5.97. The van der Waals surface area contributed by atoms with E-state index < -0.39 is 28.9 Å². The SMILES string of the molecule is CN1c2cc(-c3ccc(C#N)c(N4CCN(C(=O)O)CC4)n3)ccc2N(CC2CC2(F)F)S1(O)O. The number of nitrogens with zero attached hydrogens (tertiary/aromatic N) is 6. The minimum Gasteiger partial charge on any atom is -0.465 e. The van der Waals surface area contributed by atoms with Crippen molar-refractivity contribution in [3.05, 3.63) is 35.9 Å². The Balaban J connectivity index is 1.45. The average Bonchev–Trinajstić information content (AvgIpc) is 3.41. The van der Waals surface area contributed by atoms with Crippen LogP contribution in [-0.2, 0) is 0 Å². The van der Waals surface area contributed by atoms with Gasteiger partial charge in [-0.15, -0.1) is 0 Å². The van der Waals surface area contributed by atoms with Crippen molar-refractivity contribution in [2.24, 2.45) is 5.92 Å². The molecule has 1 amide bonds. The van der Waals surface area contributed by atoms with E-state index in [2.05, 4.69) is 11.1 Å². The fraction of sp³-hybridized carbons (Fsp3) is 0.409. The molecule has 1 saturated heterocycles. The molecule has 3 N–H and O–H groups in total. The average molecular weight is 507 g/mol. The number of benzene rings is 1. The number of alkyl halides is 2. The van der Waals surface area contributed by atoms with E-state index >= 15 is 0 Å². The number of nitriles is 1. The van der Waals surface area contributed by atoms with Crippen LogP contribution in [0.5, 0.6) is 0 Å². The predicted molar refractivity (Wildman–Crippen MR) is 128 cm³/mol. The Kier molecular flexibility index (Phi) is 5.42. The highest BCUT2D eigenvalue weighted by atomic mass is 32.3. The zero-order valence-corrected chi connectivity index (χ0v) is 19.6. The summed E-state index contributed by atoms with van der Waals surface area (Å²) in [6.07, 6.45) is -1.26. The highest BCUT2D eigenvalue weighted by Gasteiger charge is 2.59. The van der Waals surface area contributed by atoms with Gasteiger partial charge in [-0.05, 0) is 35.2 Å². The summed E-state index contributed by atoms with van der Waals surface area (Å²) < 4.78 is 51.0. The van der Waals surface area contributed by atoms with Crippen LogP contribution in [0.25, 0.3) is 11.3 Å². The molecule has 5 rings (SSSR count). The van der Waals surface area contributed by atoms with E-state index in [4.69, 9.17) is 0 Å². The van der Waals surface area contributed by atoms with Crippen LogP contribution in [0.1, 0.15) is 12.0 Å². The van der Waals surface area contributed by atoms with Crippen molar-refractivity contribution in [2.45, 2.75) is 12.3 Å². The Morgan fingerprint density at radius 3 is 2.49 bits per heavy atom. The lowest BCUT2D eigenvalue weighted by Gasteiger charge is -2.42. The first-order chi connectivity index (χ1) is 16.5. The molecular formula is C22H24F2N6O4S. The number of aromatic nitrogens is 1. The van der Waals surface area contributed by atoms with E-state index in [0.29, 0.717) is 60.2 Å². The molecule has 0 spiro atoms. The molecule has 186 valence electrons. The highest BCUT2D eigenvalue weighted by molar-refractivity contribution is 8.26. The van der Waals surface area contributed by atoms with Gasteiger partial charge in [0.1, 0.15) is 11.9 Å². The first-order valence-corrected chi connectivity index (χ1v) is 12.4. The molecule has 1 aliphatic carbocycles. The molecule has 3 heterocycles. The number of fused-ring (bicyclic) bond motifs is 1. The molecule has 13 heteroatoms. The van der Waals surface area contributed by atoms with Gasteiger partial charge < -0.3 is 14.9 Å². The van der Waals surface area contributed by atoms with E-state index in [1.165, 1.54) is 20.6 Å². The summed E-state index contributed by atoms with van der Waals surface area (Å²) in [7, 11) is -1.97. The third-order valence-electron chi connectivity index (χ3n) is 6.73. The number of carboxylic acid groups (broad SMARTS) is 1. The Morgan fingerprint density at radius 1 is 1.20 bits per heavy atom. The van der Waals surface area contributed by atoms with Crippen LogP contribution < -0.4 is 13.5 Å². The minimum absolute atomic E-state index is 0.159. The zero-order chi connectivity index (χ0) is 25.1. The summed E-state index contributed by atoms with van der Waals surface area (Å²) in [5, 5.41) is 18.8. The van der Waals surface area contributed by atoms with Crippen molar-refractivity contribution in [2.75, 3.05) is 53.3 Å². The summed E-state index contributed by atoms with van der Waals surface area (Å²) in [4.78, 5) is 19.1. The second kappa shape index (κ2) is 8.11. The molecule has 2 fully saturated rings. The number of piperazine rings is 1. The molecule has 1 atom stereocenters. The quantitative estimate of drug-likeness (QED) is 0.565. The van der Waals surface area contributed by atoms with Crippen LogP contribution >= 0.6 is 11.0 Å². The van der Waals surface area contributed by atoms with Crippen LogP contribution in [0.3, 0.4) is 0 Å². The summed E-state index contributed by atoms with van der Waals surface area (Å²) >= 11 is 0. The number of pyridine rings is 1. The summed E-state index contributed by atoms with van der Waals surface area (Å²) in [6.45, 7) is 1.22. The fourth-order valence-electron chi connectivity index (χ4n) is 4.47. The largest absolute Gasteiger partial charge is 0.465 e. The highest BCUT2D eigenvalue weighted by Crippen LogP contribution is 2.63. The van der Waals surface area contributed by atoms with Gasteiger partial charge in [0.05, 0.1) is 22.6 Å². The van der Waals surface area contributed by atoms with E-state index in [-0.39, 0.29) is 13.0 Å². The topological polar surface area (TPSA) is 127 Å². The lowest BCUT2D eigenvalue weighted by molar-refractivity contribution is 0.101. The van der Waals surface area contributed by atoms with Crippen molar-refractivity contribution in [3.63, 3.8) is 0 Å². The molecular weight excluding hydrogens is 482 g/mol. The van der Waals surface area contributed by atoms with Crippen molar-refractivity contribution >= 4 is 34.2 Å². The smallest absolute Gasteiger partial charge is 0.407 e. The standard InChI is InChI=1S/C22H24F2N6O4S/c1-27-19-10-14(3-5-18(19)30(35(27,33)34)13-16-11-22(16,23)24)17-4-2-15(12-25)20(26-17)28-6-8-29(9-7-28)21(31)32/h2-5,10,16,33-34H,6-9,11,13H2,1H3,(H,31,32). The lowest BCUT2D eigenvalue weighted by atomic mass is 10.1. The van der Waals surface area contributed by atoms with E-state index in [1.807, 2.05) is 4.90 Å². The Hall–Kier alpha value is -3.34. The molecule has 1 saturated carbocycles. The van der Waals surface area contributed by atoms with Crippen LogP contribution in [0.4, 0.5) is 30.8 Å². The summed E-state index contributed by atoms with van der Waals surface area (Å²) in [6, 6.07) is 10.6. The molecule has 2 aliphatic heterocycles. The Bertz CT molecular complexity index is 1230. The van der Waals surface area contributed by atoms with E-state index in [1.54, 1.807) is 30.3 Å². The van der Waals surface area contributed by atoms with Crippen molar-refractivity contribution in [3.8, 4) is 17.3 Å². The molecule has 1 unspecified atom stereocenters. The van der Waals surface area contributed by atoms with Gasteiger partial charge in [0.15, 0.2) is 0 Å². The number of anilines is 3. The number of hydrogen-bond acceptors (Lipinski definition) is 8.